The van der Waals surface area contributed by atoms with Crippen molar-refractivity contribution in [1.82, 2.24) is 35.6 Å². The largest absolute Gasteiger partial charge is 0.439 e. The number of hydrogen-bond acceptors (Lipinski definition) is 8. The van der Waals surface area contributed by atoms with E-state index in [-0.39, 0.29) is 30.0 Å². The Bertz CT molecular complexity index is 1630. The molecule has 0 bridgehead atoms. The third-order valence-electron chi connectivity index (χ3n) is 6.44. The minimum absolute atomic E-state index is 0.0630. The fraction of sp³-hybridized carbons (Fsp3) is 0.222. The molecule has 4 N–H and O–H groups in total. The van der Waals surface area contributed by atoms with E-state index in [4.69, 9.17) is 0 Å². The van der Waals surface area contributed by atoms with Crippen molar-refractivity contribution in [2.75, 3.05) is 19.4 Å². The number of nitrogens with one attached hydrogen (secondary N) is 4. The number of fused-ring (bicyclic) bond motifs is 1. The van der Waals surface area contributed by atoms with Crippen molar-refractivity contribution < 1.29 is 18.9 Å². The van der Waals surface area contributed by atoms with Gasteiger partial charge in [0.2, 0.25) is 0 Å². The van der Waals surface area contributed by atoms with Gasteiger partial charge in [0.05, 0.1) is 6.04 Å². The first-order valence-corrected chi connectivity index (χ1v) is 12.4. The van der Waals surface area contributed by atoms with Crippen LogP contribution in [0.5, 0.6) is 0 Å². The molecule has 13 nitrogen and oxygen atoms in total. The molecule has 40 heavy (non-hydrogen) atoms. The van der Waals surface area contributed by atoms with Crippen LogP contribution in [-0.2, 0) is 13.0 Å². The lowest BCUT2D eigenvalue weighted by Crippen LogP contribution is -2.29. The standard InChI is InChI=1S/C27H26N8O5/c1-35(2)26(38)31-18-7-3-15(4-8-18)13-28-24(36)21-12-22(30-14-29-21)25(37)32-20-10-6-16-11-17(5-9-19(16)20)23-33-27(39)40-34-23/h3-5,7-9,11-12,14,20H,6,10,13H2,1-2H3,(H,28,36)(H,31,38)(H,32,37)(H,33,34,39)/t20-/m0/s1. The van der Waals surface area contributed by atoms with Crippen molar-refractivity contribution in [2.45, 2.75) is 25.4 Å². The van der Waals surface area contributed by atoms with Gasteiger partial charge in [0.15, 0.2) is 5.82 Å². The van der Waals surface area contributed by atoms with Gasteiger partial charge >= 0.3 is 11.8 Å². The first-order valence-electron chi connectivity index (χ1n) is 12.4. The third kappa shape index (κ3) is 5.88. The molecule has 4 aromatic rings. The second kappa shape index (κ2) is 11.2. The predicted octanol–water partition coefficient (Wildman–Crippen LogP) is 2.26. The van der Waals surface area contributed by atoms with Gasteiger partial charge in [-0.05, 0) is 47.7 Å². The quantitative estimate of drug-likeness (QED) is 0.275. The summed E-state index contributed by atoms with van der Waals surface area (Å²) >= 11 is 0. The zero-order chi connectivity index (χ0) is 28.2. The van der Waals surface area contributed by atoms with Crippen LogP contribution in [0.1, 0.15) is 50.1 Å². The normalized spacial score (nSPS) is 13.8. The van der Waals surface area contributed by atoms with Crippen molar-refractivity contribution in [2.24, 2.45) is 0 Å². The number of urea groups is 1. The molecule has 0 aliphatic heterocycles. The highest BCUT2D eigenvalue weighted by Gasteiger charge is 2.26. The highest BCUT2D eigenvalue weighted by atomic mass is 16.5. The topological polar surface area (TPSA) is 175 Å². The molecule has 1 aliphatic carbocycles. The maximum absolute atomic E-state index is 13.0. The number of carbonyl (C=O) groups is 3. The number of amides is 4. The lowest BCUT2D eigenvalue weighted by Gasteiger charge is -2.14. The van der Waals surface area contributed by atoms with E-state index in [1.165, 1.54) is 17.3 Å². The summed E-state index contributed by atoms with van der Waals surface area (Å²) in [7, 11) is 3.30. The third-order valence-corrected chi connectivity index (χ3v) is 6.44. The first-order chi connectivity index (χ1) is 19.3. The number of aryl methyl sites for hydroxylation is 1. The molecule has 0 fully saturated rings. The molecule has 0 spiro atoms. The Morgan fingerprint density at radius 3 is 2.48 bits per heavy atom. The van der Waals surface area contributed by atoms with E-state index in [1.807, 2.05) is 12.1 Å². The number of carbonyl (C=O) groups excluding carboxylic acids is 3. The minimum Gasteiger partial charge on any atom is -0.347 e. The SMILES string of the molecule is CN(C)C(=O)Nc1ccc(CNC(=O)c2cc(C(=O)N[C@H]3CCc4cc(-c5noc(=O)[nH]5)ccc43)ncn2)cc1. The average Bonchev–Trinajstić information content (AvgIpc) is 3.58. The molecule has 1 atom stereocenters. The Balaban J connectivity index is 1.18. The Hall–Kier alpha value is -5.33. The minimum atomic E-state index is -0.625. The van der Waals surface area contributed by atoms with E-state index >= 15 is 0 Å². The van der Waals surface area contributed by atoms with Gasteiger partial charge in [-0.2, -0.15) is 0 Å². The van der Waals surface area contributed by atoms with Crippen molar-refractivity contribution >= 4 is 23.5 Å². The monoisotopic (exact) mass is 542 g/mol. The molecule has 2 heterocycles. The van der Waals surface area contributed by atoms with Crippen LogP contribution in [0.3, 0.4) is 0 Å². The fourth-order valence-corrected chi connectivity index (χ4v) is 4.32. The Morgan fingerprint density at radius 2 is 1.77 bits per heavy atom. The highest BCUT2D eigenvalue weighted by Crippen LogP contribution is 2.33. The number of H-pyrrole nitrogens is 1. The molecule has 4 amide bonds. The second-order valence-corrected chi connectivity index (χ2v) is 9.41. The maximum Gasteiger partial charge on any atom is 0.439 e. The number of aromatic nitrogens is 4. The van der Waals surface area contributed by atoms with Crippen LogP contribution >= 0.6 is 0 Å². The van der Waals surface area contributed by atoms with Crippen molar-refractivity contribution in [3.05, 3.63) is 93.5 Å². The second-order valence-electron chi connectivity index (χ2n) is 9.41. The molecular weight excluding hydrogens is 516 g/mol. The predicted molar refractivity (Wildman–Crippen MR) is 143 cm³/mol. The molecule has 13 heteroatoms. The highest BCUT2D eigenvalue weighted by molar-refractivity contribution is 5.97. The Morgan fingerprint density at radius 1 is 1.02 bits per heavy atom. The molecule has 5 rings (SSSR count). The van der Waals surface area contributed by atoms with Crippen LogP contribution in [0.15, 0.2) is 64.2 Å². The van der Waals surface area contributed by atoms with Gasteiger partial charge in [0, 0.05) is 38.0 Å². The van der Waals surface area contributed by atoms with Gasteiger partial charge in [0.25, 0.3) is 11.8 Å². The Labute approximate surface area is 228 Å². The van der Waals surface area contributed by atoms with E-state index in [1.54, 1.807) is 44.4 Å². The van der Waals surface area contributed by atoms with Gasteiger partial charge in [0.1, 0.15) is 17.7 Å². The maximum atomic E-state index is 13.0. The smallest absolute Gasteiger partial charge is 0.347 e. The van der Waals surface area contributed by atoms with E-state index in [0.717, 1.165) is 28.7 Å². The van der Waals surface area contributed by atoms with Gasteiger partial charge < -0.3 is 20.9 Å². The number of nitrogens with zero attached hydrogens (tertiary/aromatic N) is 4. The number of rotatable bonds is 7. The fourth-order valence-electron chi connectivity index (χ4n) is 4.32. The number of anilines is 1. The molecule has 2 aromatic carbocycles. The van der Waals surface area contributed by atoms with Crippen LogP contribution in [0.4, 0.5) is 10.5 Å². The lowest BCUT2D eigenvalue weighted by molar-refractivity contribution is 0.0931. The van der Waals surface area contributed by atoms with Gasteiger partial charge in [-0.25, -0.2) is 19.6 Å². The van der Waals surface area contributed by atoms with Crippen molar-refractivity contribution in [3.63, 3.8) is 0 Å². The number of hydrogen-bond donors (Lipinski definition) is 4. The molecule has 0 radical (unpaired) electrons. The summed E-state index contributed by atoms with van der Waals surface area (Å²) in [5.41, 5.74) is 4.30. The molecule has 0 unspecified atom stereocenters. The summed E-state index contributed by atoms with van der Waals surface area (Å²) in [6, 6.07) is 13.5. The van der Waals surface area contributed by atoms with Crippen molar-refractivity contribution in [1.29, 1.82) is 0 Å². The number of benzene rings is 2. The van der Waals surface area contributed by atoms with Gasteiger partial charge in [-0.1, -0.05) is 29.4 Å². The summed E-state index contributed by atoms with van der Waals surface area (Å²) in [6.45, 7) is 0.231. The summed E-state index contributed by atoms with van der Waals surface area (Å²) in [5.74, 6) is -1.15. The van der Waals surface area contributed by atoms with E-state index in [9.17, 15) is 19.2 Å². The van der Waals surface area contributed by atoms with Crippen molar-refractivity contribution in [3.8, 4) is 11.4 Å². The lowest BCUT2D eigenvalue weighted by atomic mass is 10.0. The molecule has 0 saturated heterocycles. The van der Waals surface area contributed by atoms with Crippen LogP contribution < -0.4 is 21.7 Å². The van der Waals surface area contributed by atoms with Crippen LogP contribution in [-0.4, -0.2) is 56.9 Å². The number of aromatic amines is 1. The summed E-state index contributed by atoms with van der Waals surface area (Å²) in [5, 5.41) is 12.2. The van der Waals surface area contributed by atoms with Crippen LogP contribution in [0, 0.1) is 0 Å². The van der Waals surface area contributed by atoms with Crippen LogP contribution in [0.2, 0.25) is 0 Å². The molecule has 0 saturated carbocycles. The van der Waals surface area contributed by atoms with E-state index in [0.29, 0.717) is 17.9 Å². The first kappa shape index (κ1) is 26.3. The van der Waals surface area contributed by atoms with Gasteiger partial charge in [-0.3, -0.25) is 19.1 Å². The summed E-state index contributed by atoms with van der Waals surface area (Å²) in [6.07, 6.45) is 2.60. The van der Waals surface area contributed by atoms with E-state index < -0.39 is 17.6 Å². The molecule has 1 aliphatic rings. The average molecular weight is 543 g/mol. The summed E-state index contributed by atoms with van der Waals surface area (Å²) in [4.78, 5) is 60.7. The molecular formula is C27H26N8O5. The van der Waals surface area contributed by atoms with Crippen LogP contribution in [0.25, 0.3) is 11.4 Å². The molecule has 2 aromatic heterocycles. The zero-order valence-corrected chi connectivity index (χ0v) is 21.7. The van der Waals surface area contributed by atoms with Gasteiger partial charge in [-0.15, -0.1) is 0 Å². The molecule has 204 valence electrons. The van der Waals surface area contributed by atoms with E-state index in [2.05, 4.69) is 40.6 Å². The Kier molecular flexibility index (Phi) is 7.35. The summed E-state index contributed by atoms with van der Waals surface area (Å²) < 4.78 is 4.57. The zero-order valence-electron chi connectivity index (χ0n) is 21.7.